The van der Waals surface area contributed by atoms with Crippen molar-refractivity contribution < 1.29 is 12.8 Å². The Hall–Kier alpha value is -0.980. The van der Waals surface area contributed by atoms with Crippen molar-refractivity contribution in [3.63, 3.8) is 0 Å². The molecule has 1 rings (SSSR count). The largest absolute Gasteiger partial charge is 0.309 e. The second-order valence-electron chi connectivity index (χ2n) is 4.01. The molecule has 0 spiro atoms. The predicted molar refractivity (Wildman–Crippen MR) is 64.8 cm³/mol. The molecule has 0 heterocycles. The van der Waals surface area contributed by atoms with Crippen molar-refractivity contribution >= 4 is 10.0 Å². The van der Waals surface area contributed by atoms with E-state index in [1.54, 1.807) is 0 Å². The van der Waals surface area contributed by atoms with Gasteiger partial charge in [-0.25, -0.2) is 17.5 Å². The first kappa shape index (κ1) is 14.1. The fourth-order valence-electron chi connectivity index (χ4n) is 1.32. The lowest BCUT2D eigenvalue weighted by atomic mass is 10.4. The molecule has 4 nitrogen and oxygen atoms in total. The third-order valence-corrected chi connectivity index (χ3v) is 3.64. The van der Waals surface area contributed by atoms with Crippen molar-refractivity contribution in [2.24, 2.45) is 0 Å². The second kappa shape index (κ2) is 6.09. The number of nitrogens with one attached hydrogen (secondary N) is 1. The third kappa shape index (κ3) is 4.80. The molecule has 0 atom stereocenters. The lowest BCUT2D eigenvalue weighted by Gasteiger charge is -2.10. The molecule has 0 unspecified atom stereocenters. The Morgan fingerprint density at radius 1 is 1.35 bits per heavy atom. The zero-order chi connectivity index (χ0) is 12.9. The lowest BCUT2D eigenvalue weighted by molar-refractivity contribution is 0.400. The average molecular weight is 260 g/mol. The van der Waals surface area contributed by atoms with Crippen molar-refractivity contribution in [3.05, 3.63) is 30.1 Å². The lowest BCUT2D eigenvalue weighted by Crippen LogP contribution is -2.27. The maximum absolute atomic E-state index is 12.9. The van der Waals surface area contributed by atoms with Crippen molar-refractivity contribution in [2.75, 3.05) is 27.2 Å². The molecule has 0 amide bonds. The molecule has 1 N–H and O–H groups in total. The van der Waals surface area contributed by atoms with Crippen LogP contribution in [0.4, 0.5) is 4.39 Å². The first-order valence-electron chi connectivity index (χ1n) is 5.32. The Morgan fingerprint density at radius 2 is 2.06 bits per heavy atom. The van der Waals surface area contributed by atoms with Crippen LogP contribution in [0.15, 0.2) is 29.2 Å². The van der Waals surface area contributed by atoms with Gasteiger partial charge in [0.25, 0.3) is 0 Å². The molecule has 17 heavy (non-hydrogen) atoms. The quantitative estimate of drug-likeness (QED) is 0.778. The molecule has 6 heteroatoms. The van der Waals surface area contributed by atoms with Gasteiger partial charge in [-0.3, -0.25) is 0 Å². The van der Waals surface area contributed by atoms with Crippen molar-refractivity contribution in [2.45, 2.75) is 11.3 Å². The van der Waals surface area contributed by atoms with E-state index in [0.29, 0.717) is 13.0 Å². The van der Waals surface area contributed by atoms with E-state index in [1.165, 1.54) is 18.2 Å². The fourth-order valence-corrected chi connectivity index (χ4v) is 2.42. The SMILES string of the molecule is CN(C)CCCNS(=O)(=O)c1cccc(F)c1. The van der Waals surface area contributed by atoms with Crippen LogP contribution in [0, 0.1) is 5.82 Å². The summed E-state index contributed by atoms with van der Waals surface area (Å²) in [6, 6.07) is 4.97. The monoisotopic (exact) mass is 260 g/mol. The molecule has 1 aromatic rings. The van der Waals surface area contributed by atoms with E-state index >= 15 is 0 Å². The van der Waals surface area contributed by atoms with Gasteiger partial charge in [0, 0.05) is 6.54 Å². The summed E-state index contributed by atoms with van der Waals surface area (Å²) >= 11 is 0. The Kier molecular flexibility index (Phi) is 5.04. The minimum atomic E-state index is -3.59. The molecule has 0 fully saturated rings. The van der Waals surface area contributed by atoms with Crippen LogP contribution in [0.2, 0.25) is 0 Å². The highest BCUT2D eigenvalue weighted by molar-refractivity contribution is 7.89. The fraction of sp³-hybridized carbons (Fsp3) is 0.455. The number of sulfonamides is 1. The van der Waals surface area contributed by atoms with Crippen molar-refractivity contribution in [1.29, 1.82) is 0 Å². The van der Waals surface area contributed by atoms with Gasteiger partial charge >= 0.3 is 0 Å². The summed E-state index contributed by atoms with van der Waals surface area (Å²) in [7, 11) is 0.246. The van der Waals surface area contributed by atoms with Crippen LogP contribution in [-0.2, 0) is 10.0 Å². The van der Waals surface area contributed by atoms with Gasteiger partial charge in [-0.2, -0.15) is 0 Å². The normalized spacial score (nSPS) is 12.0. The van der Waals surface area contributed by atoms with Crippen molar-refractivity contribution in [3.8, 4) is 0 Å². The Balaban J connectivity index is 2.57. The predicted octanol–water partition coefficient (Wildman–Crippen LogP) is 1.06. The number of hydrogen-bond acceptors (Lipinski definition) is 3. The van der Waals surface area contributed by atoms with E-state index in [2.05, 4.69) is 4.72 Å². The second-order valence-corrected chi connectivity index (χ2v) is 5.78. The van der Waals surface area contributed by atoms with Crippen molar-refractivity contribution in [1.82, 2.24) is 9.62 Å². The van der Waals surface area contributed by atoms with Gasteiger partial charge in [-0.15, -0.1) is 0 Å². The highest BCUT2D eigenvalue weighted by Crippen LogP contribution is 2.09. The van der Waals surface area contributed by atoms with Crippen LogP contribution in [0.1, 0.15) is 6.42 Å². The highest BCUT2D eigenvalue weighted by Gasteiger charge is 2.13. The molecule has 0 bridgehead atoms. The van der Waals surface area contributed by atoms with E-state index < -0.39 is 15.8 Å². The average Bonchev–Trinajstić information content (AvgIpc) is 2.24. The summed E-state index contributed by atoms with van der Waals surface area (Å²) in [5.74, 6) is -0.554. The maximum atomic E-state index is 12.9. The van der Waals surface area contributed by atoms with E-state index in [1.807, 2.05) is 19.0 Å². The van der Waals surface area contributed by atoms with Gasteiger partial charge in [-0.05, 0) is 45.3 Å². The molecule has 0 aliphatic rings. The summed E-state index contributed by atoms with van der Waals surface area (Å²) in [5, 5.41) is 0. The Labute approximate surface area is 101 Å². The minimum Gasteiger partial charge on any atom is -0.309 e. The number of halogens is 1. The van der Waals surface area contributed by atoms with Crippen LogP contribution >= 0.6 is 0 Å². The van der Waals surface area contributed by atoms with Crippen LogP contribution in [0.3, 0.4) is 0 Å². The molecule has 0 aliphatic heterocycles. The molecule has 0 saturated carbocycles. The minimum absolute atomic E-state index is 0.0395. The highest BCUT2D eigenvalue weighted by atomic mass is 32.2. The smallest absolute Gasteiger partial charge is 0.240 e. The van der Waals surface area contributed by atoms with E-state index in [-0.39, 0.29) is 4.90 Å². The molecule has 0 aliphatic carbocycles. The summed E-state index contributed by atoms with van der Waals surface area (Å²) in [6.45, 7) is 1.14. The van der Waals surface area contributed by atoms with Crippen LogP contribution in [0.5, 0.6) is 0 Å². The zero-order valence-corrected chi connectivity index (χ0v) is 10.8. The van der Waals surface area contributed by atoms with E-state index in [9.17, 15) is 12.8 Å². The number of rotatable bonds is 6. The van der Waals surface area contributed by atoms with E-state index in [4.69, 9.17) is 0 Å². The standard InChI is InChI=1S/C11H17FN2O2S/c1-14(2)8-4-7-13-17(15,16)11-6-3-5-10(12)9-11/h3,5-6,9,13H,4,7-8H2,1-2H3. The Bertz CT molecular complexity index is 460. The molecule has 1 aromatic carbocycles. The topological polar surface area (TPSA) is 49.4 Å². The summed E-state index contributed by atoms with van der Waals surface area (Å²) in [5.41, 5.74) is 0. The van der Waals surface area contributed by atoms with Crippen LogP contribution in [-0.4, -0.2) is 40.5 Å². The summed E-state index contributed by atoms with van der Waals surface area (Å²) in [4.78, 5) is 1.93. The van der Waals surface area contributed by atoms with Gasteiger partial charge < -0.3 is 4.90 Å². The van der Waals surface area contributed by atoms with Gasteiger partial charge in [0.05, 0.1) is 4.90 Å². The Morgan fingerprint density at radius 3 is 2.65 bits per heavy atom. The molecule has 96 valence electrons. The molecule has 0 aromatic heterocycles. The van der Waals surface area contributed by atoms with Crippen LogP contribution in [0.25, 0.3) is 0 Å². The number of hydrogen-bond donors (Lipinski definition) is 1. The first-order chi connectivity index (χ1) is 7.92. The number of benzene rings is 1. The number of nitrogens with zero attached hydrogens (tertiary/aromatic N) is 1. The molecular formula is C11H17FN2O2S. The molecule has 0 radical (unpaired) electrons. The van der Waals surface area contributed by atoms with Crippen LogP contribution < -0.4 is 4.72 Å². The van der Waals surface area contributed by atoms with Gasteiger partial charge in [-0.1, -0.05) is 6.07 Å². The van der Waals surface area contributed by atoms with E-state index in [0.717, 1.165) is 12.6 Å². The summed E-state index contributed by atoms with van der Waals surface area (Å²) in [6.07, 6.45) is 0.710. The van der Waals surface area contributed by atoms with Gasteiger partial charge in [0.2, 0.25) is 10.0 Å². The van der Waals surface area contributed by atoms with Gasteiger partial charge in [0.15, 0.2) is 0 Å². The summed E-state index contributed by atoms with van der Waals surface area (Å²) < 4.78 is 38.8. The first-order valence-corrected chi connectivity index (χ1v) is 6.80. The molecule has 0 saturated heterocycles. The van der Waals surface area contributed by atoms with Gasteiger partial charge in [0.1, 0.15) is 5.82 Å². The third-order valence-electron chi connectivity index (χ3n) is 2.18. The molecular weight excluding hydrogens is 243 g/mol. The maximum Gasteiger partial charge on any atom is 0.240 e. The zero-order valence-electron chi connectivity index (χ0n) is 9.98.